The number of halogens is 1. The Bertz CT molecular complexity index is 1120. The fraction of sp³-hybridized carbons (Fsp3) is 0.391. The second-order valence-electron chi connectivity index (χ2n) is 8.14. The molecule has 2 aromatic heterocycles. The smallest absolute Gasteiger partial charge is 0.454 e. The number of hydrogen-bond acceptors (Lipinski definition) is 6. The first-order valence-corrected chi connectivity index (χ1v) is 12.0. The van der Waals surface area contributed by atoms with Gasteiger partial charge in [-0.25, -0.2) is 9.48 Å². The molecule has 7 nitrogen and oxygen atoms in total. The molecule has 0 atom stereocenters. The molecule has 1 fully saturated rings. The Labute approximate surface area is 194 Å². The Morgan fingerprint density at radius 2 is 2.03 bits per heavy atom. The van der Waals surface area contributed by atoms with Gasteiger partial charge in [-0.1, -0.05) is 36.9 Å². The molecule has 168 valence electrons. The second-order valence-corrected chi connectivity index (χ2v) is 9.49. The number of ether oxygens (including phenoxy) is 3. The number of hydrogen-bond donors (Lipinski definition) is 1. The maximum atomic E-state index is 11.6. The zero-order chi connectivity index (χ0) is 22.1. The summed E-state index contributed by atoms with van der Waals surface area (Å²) in [5.74, 6) is 1.95. The van der Waals surface area contributed by atoms with Gasteiger partial charge in [-0.3, -0.25) is 0 Å². The number of carboxylic acid groups (broad SMARTS) is 1. The first-order chi connectivity index (χ1) is 15.6. The third-order valence-corrected chi connectivity index (χ3v) is 7.23. The normalized spacial score (nSPS) is 15.8. The fourth-order valence-electron chi connectivity index (χ4n) is 4.47. The van der Waals surface area contributed by atoms with Crippen LogP contribution in [0, 0.1) is 5.92 Å². The summed E-state index contributed by atoms with van der Waals surface area (Å²) in [6.07, 6.45) is 4.87. The number of rotatable bonds is 6. The summed E-state index contributed by atoms with van der Waals surface area (Å²) in [7, 11) is 0. The summed E-state index contributed by atoms with van der Waals surface area (Å²) in [6.45, 7) is 0.790. The minimum Gasteiger partial charge on any atom is -0.454 e. The highest BCUT2D eigenvalue weighted by molar-refractivity contribution is 7.13. The first-order valence-electron chi connectivity index (χ1n) is 10.7. The SMILES string of the molecule is O=C(O)Oc1c(Cc2cc3c(cc2Cl)OCO3)c(-c2cccs2)nn1CC1CCCCC1. The quantitative estimate of drug-likeness (QED) is 0.427. The minimum atomic E-state index is -1.36. The van der Waals surface area contributed by atoms with Gasteiger partial charge in [0.15, 0.2) is 11.5 Å². The highest BCUT2D eigenvalue weighted by Gasteiger charge is 2.27. The molecule has 0 spiro atoms. The number of fused-ring (bicyclic) bond motifs is 1. The monoisotopic (exact) mass is 474 g/mol. The number of carbonyl (C=O) groups is 1. The van der Waals surface area contributed by atoms with Crippen LogP contribution in [0.25, 0.3) is 10.6 Å². The molecule has 32 heavy (non-hydrogen) atoms. The maximum Gasteiger partial charge on any atom is 0.512 e. The van der Waals surface area contributed by atoms with Crippen molar-refractivity contribution >= 4 is 29.1 Å². The van der Waals surface area contributed by atoms with Crippen LogP contribution in [-0.4, -0.2) is 27.8 Å². The van der Waals surface area contributed by atoms with Crippen molar-refractivity contribution in [1.29, 1.82) is 0 Å². The molecule has 1 aliphatic heterocycles. The third-order valence-electron chi connectivity index (χ3n) is 6.00. The molecule has 0 amide bonds. The van der Waals surface area contributed by atoms with E-state index < -0.39 is 6.16 Å². The summed E-state index contributed by atoms with van der Waals surface area (Å²) in [5.41, 5.74) is 2.22. The molecular formula is C23H23ClN2O5S. The maximum absolute atomic E-state index is 11.6. The first kappa shape index (κ1) is 21.2. The van der Waals surface area contributed by atoms with Gasteiger partial charge in [-0.05, 0) is 41.8 Å². The van der Waals surface area contributed by atoms with Crippen LogP contribution in [0.5, 0.6) is 17.4 Å². The lowest BCUT2D eigenvalue weighted by atomic mass is 9.89. The molecule has 3 heterocycles. The van der Waals surface area contributed by atoms with Crippen molar-refractivity contribution in [3.05, 3.63) is 45.8 Å². The molecule has 9 heteroatoms. The van der Waals surface area contributed by atoms with E-state index in [-0.39, 0.29) is 12.7 Å². The van der Waals surface area contributed by atoms with Gasteiger partial charge in [-0.15, -0.1) is 11.3 Å². The van der Waals surface area contributed by atoms with E-state index in [0.717, 1.165) is 29.0 Å². The van der Waals surface area contributed by atoms with E-state index in [9.17, 15) is 9.90 Å². The average Bonchev–Trinajstić information content (AvgIpc) is 3.51. The van der Waals surface area contributed by atoms with Gasteiger partial charge in [0.2, 0.25) is 12.7 Å². The molecule has 0 radical (unpaired) electrons. The molecule has 1 saturated carbocycles. The highest BCUT2D eigenvalue weighted by atomic mass is 35.5. The van der Waals surface area contributed by atoms with Crippen molar-refractivity contribution in [3.63, 3.8) is 0 Å². The highest BCUT2D eigenvalue weighted by Crippen LogP contribution is 2.41. The lowest BCUT2D eigenvalue weighted by Crippen LogP contribution is -2.17. The zero-order valence-corrected chi connectivity index (χ0v) is 19.0. The van der Waals surface area contributed by atoms with Crippen LogP contribution in [0.15, 0.2) is 29.6 Å². The van der Waals surface area contributed by atoms with Gasteiger partial charge in [0.1, 0.15) is 5.69 Å². The molecular weight excluding hydrogens is 452 g/mol. The predicted molar refractivity (Wildman–Crippen MR) is 121 cm³/mol. The van der Waals surface area contributed by atoms with Gasteiger partial charge in [0.25, 0.3) is 0 Å². The minimum absolute atomic E-state index is 0.155. The standard InChI is InChI=1S/C23H23ClN2O5S/c24-17-11-19-18(29-13-30-19)10-15(17)9-16-21(20-7-4-8-32-20)25-26(22(16)31-23(27)28)12-14-5-2-1-3-6-14/h4,7-8,10-11,14H,1-3,5-6,9,12-13H2,(H,27,28). The van der Waals surface area contributed by atoms with Crippen LogP contribution >= 0.6 is 22.9 Å². The Morgan fingerprint density at radius 1 is 1.25 bits per heavy atom. The van der Waals surface area contributed by atoms with Gasteiger partial charge in [0, 0.05) is 29.6 Å². The van der Waals surface area contributed by atoms with Crippen LogP contribution in [0.2, 0.25) is 5.02 Å². The average molecular weight is 475 g/mol. The fourth-order valence-corrected chi connectivity index (χ4v) is 5.43. The zero-order valence-electron chi connectivity index (χ0n) is 17.4. The van der Waals surface area contributed by atoms with E-state index in [1.54, 1.807) is 22.1 Å². The molecule has 1 N–H and O–H groups in total. The van der Waals surface area contributed by atoms with Gasteiger partial charge in [0.05, 0.1) is 4.88 Å². The van der Waals surface area contributed by atoms with Crippen LogP contribution in [0.1, 0.15) is 43.2 Å². The molecule has 1 aliphatic carbocycles. The number of aromatic nitrogens is 2. The topological polar surface area (TPSA) is 82.8 Å². The summed E-state index contributed by atoms with van der Waals surface area (Å²) in [6, 6.07) is 7.50. The van der Waals surface area contributed by atoms with E-state index >= 15 is 0 Å². The van der Waals surface area contributed by atoms with E-state index in [4.69, 9.17) is 30.9 Å². The Kier molecular flexibility index (Phi) is 5.97. The van der Waals surface area contributed by atoms with Gasteiger partial charge >= 0.3 is 6.16 Å². The van der Waals surface area contributed by atoms with Crippen LogP contribution in [0.3, 0.4) is 0 Å². The van der Waals surface area contributed by atoms with Crippen molar-refractivity contribution in [3.8, 4) is 28.0 Å². The van der Waals surface area contributed by atoms with E-state index in [2.05, 4.69) is 0 Å². The lowest BCUT2D eigenvalue weighted by Gasteiger charge is -2.22. The molecule has 2 aliphatic rings. The van der Waals surface area contributed by atoms with E-state index in [1.165, 1.54) is 19.3 Å². The molecule has 1 aromatic carbocycles. The van der Waals surface area contributed by atoms with Gasteiger partial charge < -0.3 is 19.3 Å². The van der Waals surface area contributed by atoms with Gasteiger partial charge in [-0.2, -0.15) is 5.10 Å². The third kappa shape index (κ3) is 4.29. The summed E-state index contributed by atoms with van der Waals surface area (Å²) in [5, 5.41) is 16.8. The Balaban J connectivity index is 1.58. The van der Waals surface area contributed by atoms with E-state index in [0.29, 0.717) is 41.0 Å². The van der Waals surface area contributed by atoms with Crippen LogP contribution in [0.4, 0.5) is 4.79 Å². The summed E-state index contributed by atoms with van der Waals surface area (Å²) >= 11 is 8.09. The van der Waals surface area contributed by atoms with Crippen molar-refractivity contribution < 1.29 is 24.1 Å². The number of thiophene rings is 1. The molecule has 0 bridgehead atoms. The summed E-state index contributed by atoms with van der Waals surface area (Å²) in [4.78, 5) is 12.6. The van der Waals surface area contributed by atoms with Crippen molar-refractivity contribution in [2.45, 2.75) is 45.1 Å². The molecule has 3 aromatic rings. The number of benzene rings is 1. The molecule has 0 unspecified atom stereocenters. The van der Waals surface area contributed by atoms with E-state index in [1.807, 2.05) is 23.6 Å². The lowest BCUT2D eigenvalue weighted by molar-refractivity contribution is 0.138. The van der Waals surface area contributed by atoms with Crippen molar-refractivity contribution in [2.75, 3.05) is 6.79 Å². The Hall–Kier alpha value is -2.71. The van der Waals surface area contributed by atoms with Crippen LogP contribution in [-0.2, 0) is 13.0 Å². The van der Waals surface area contributed by atoms with Crippen molar-refractivity contribution in [1.82, 2.24) is 9.78 Å². The van der Waals surface area contributed by atoms with Crippen molar-refractivity contribution in [2.24, 2.45) is 5.92 Å². The number of nitrogens with zero attached hydrogens (tertiary/aromatic N) is 2. The molecule has 0 saturated heterocycles. The van der Waals surface area contributed by atoms with Crippen LogP contribution < -0.4 is 14.2 Å². The second kappa shape index (κ2) is 9.03. The predicted octanol–water partition coefficient (Wildman–Crippen LogP) is 6.22. The summed E-state index contributed by atoms with van der Waals surface area (Å²) < 4.78 is 18.0. The molecule has 5 rings (SSSR count). The Morgan fingerprint density at radius 3 is 2.75 bits per heavy atom. The largest absolute Gasteiger partial charge is 0.512 e.